The molecule has 0 N–H and O–H groups in total. The quantitative estimate of drug-likeness (QED) is 0.147. The van der Waals surface area contributed by atoms with Crippen LogP contribution in [0.25, 0.3) is 22.8 Å². The van der Waals surface area contributed by atoms with Gasteiger partial charge >= 0.3 is 6.36 Å². The zero-order valence-corrected chi connectivity index (χ0v) is 24.5. The smallest absolute Gasteiger partial charge is 0.491 e. The number of halogens is 3. The molecule has 0 aliphatic heterocycles. The minimum atomic E-state index is -4.78. The van der Waals surface area contributed by atoms with Gasteiger partial charge in [0.15, 0.2) is 8.32 Å². The molecule has 0 aliphatic rings. The second kappa shape index (κ2) is 11.9. The number of aromatic nitrogens is 3. The summed E-state index contributed by atoms with van der Waals surface area (Å²) in [5.74, 6) is 0.659. The van der Waals surface area contributed by atoms with E-state index < -0.39 is 14.7 Å². The highest BCUT2D eigenvalue weighted by molar-refractivity contribution is 6.74. The first-order valence-electron chi connectivity index (χ1n) is 13.0. The van der Waals surface area contributed by atoms with Crippen molar-refractivity contribution >= 4 is 8.32 Å². The number of benzene rings is 2. The van der Waals surface area contributed by atoms with Gasteiger partial charge in [-0.25, -0.2) is 0 Å². The Kier molecular flexibility index (Phi) is 8.73. The van der Waals surface area contributed by atoms with Crippen molar-refractivity contribution in [3.05, 3.63) is 82.8 Å². The minimum Gasteiger partial charge on any atom is -0.491 e. The Labute approximate surface area is 236 Å². The van der Waals surface area contributed by atoms with Crippen molar-refractivity contribution in [1.29, 1.82) is 0 Å². The van der Waals surface area contributed by atoms with Crippen molar-refractivity contribution in [2.45, 2.75) is 51.8 Å². The van der Waals surface area contributed by atoms with Gasteiger partial charge in [0, 0.05) is 17.8 Å². The van der Waals surface area contributed by atoms with Crippen LogP contribution in [0.15, 0.2) is 76.2 Å². The first-order chi connectivity index (χ1) is 19.2. The molecule has 0 saturated carbocycles. The van der Waals surface area contributed by atoms with Gasteiger partial charge in [0.2, 0.25) is 5.82 Å². The Morgan fingerprint density at radius 1 is 0.927 bits per heavy atom. The maximum absolute atomic E-state index is 12.6. The van der Waals surface area contributed by atoms with E-state index in [9.17, 15) is 18.0 Å². The molecule has 0 saturated heterocycles. The Bertz CT molecular complexity index is 1530. The number of pyridine rings is 1. The van der Waals surface area contributed by atoms with Crippen LogP contribution >= 0.6 is 0 Å². The highest BCUT2D eigenvalue weighted by Gasteiger charge is 2.37. The summed E-state index contributed by atoms with van der Waals surface area (Å²) in [5, 5.41) is 4.04. The van der Waals surface area contributed by atoms with Gasteiger partial charge in [-0.15, -0.1) is 13.2 Å². The van der Waals surface area contributed by atoms with Crippen LogP contribution in [-0.4, -0.2) is 42.6 Å². The van der Waals surface area contributed by atoms with E-state index in [1.807, 2.05) is 24.3 Å². The third kappa shape index (κ3) is 8.07. The summed E-state index contributed by atoms with van der Waals surface area (Å²) in [7, 11) is -1.85. The van der Waals surface area contributed by atoms with Gasteiger partial charge in [0.1, 0.15) is 18.1 Å². The first kappa shape index (κ1) is 30.1. The van der Waals surface area contributed by atoms with Gasteiger partial charge in [-0.05, 0) is 66.2 Å². The van der Waals surface area contributed by atoms with E-state index in [1.54, 1.807) is 12.3 Å². The lowest BCUT2D eigenvalue weighted by Gasteiger charge is -2.36. The molecule has 0 atom stereocenters. The van der Waals surface area contributed by atoms with Crippen LogP contribution in [0, 0.1) is 0 Å². The Morgan fingerprint density at radius 2 is 1.63 bits per heavy atom. The van der Waals surface area contributed by atoms with Crippen LogP contribution in [-0.2, 0) is 11.0 Å². The van der Waals surface area contributed by atoms with Crippen LogP contribution in [0.2, 0.25) is 18.1 Å². The number of ether oxygens (including phenoxy) is 2. The summed E-state index contributed by atoms with van der Waals surface area (Å²) in [4.78, 5) is 16.9. The van der Waals surface area contributed by atoms with Gasteiger partial charge in [0.25, 0.3) is 11.4 Å². The molecule has 0 radical (unpaired) electrons. The standard InChI is InChI=1S/C29H32F3N3O5Si/c1-28(2,3)41(4,5)38-16-15-37-24-8-6-7-20(17-24)18-35-19-22(11-14-25(35)36)27-33-26(34-40-27)21-9-12-23(13-10-21)39-29(30,31)32/h6-14,17,19H,15-16,18H2,1-5H3. The Balaban J connectivity index is 1.42. The minimum absolute atomic E-state index is 0.123. The van der Waals surface area contributed by atoms with E-state index in [2.05, 4.69) is 48.7 Å². The monoisotopic (exact) mass is 587 g/mol. The predicted molar refractivity (Wildman–Crippen MR) is 150 cm³/mol. The molecular formula is C29H32F3N3O5Si. The molecule has 4 rings (SSSR count). The van der Waals surface area contributed by atoms with Gasteiger partial charge in [-0.1, -0.05) is 38.1 Å². The van der Waals surface area contributed by atoms with Crippen LogP contribution in [0.3, 0.4) is 0 Å². The topological polar surface area (TPSA) is 88.6 Å². The fraction of sp³-hybridized carbons (Fsp3) is 0.345. The van der Waals surface area contributed by atoms with Gasteiger partial charge in [0.05, 0.1) is 18.7 Å². The van der Waals surface area contributed by atoms with E-state index >= 15 is 0 Å². The highest BCUT2D eigenvalue weighted by atomic mass is 28.4. The fourth-order valence-electron chi connectivity index (χ4n) is 3.65. The molecule has 12 heteroatoms. The van der Waals surface area contributed by atoms with E-state index in [0.717, 1.165) is 17.7 Å². The van der Waals surface area contributed by atoms with Crippen molar-refractivity contribution in [1.82, 2.24) is 14.7 Å². The second-order valence-electron chi connectivity index (χ2n) is 11.0. The molecule has 0 unspecified atom stereocenters. The molecule has 0 bridgehead atoms. The number of rotatable bonds is 10. The lowest BCUT2D eigenvalue weighted by atomic mass is 10.2. The molecule has 0 spiro atoms. The molecule has 0 fully saturated rings. The molecule has 2 aromatic carbocycles. The molecule has 0 amide bonds. The van der Waals surface area contributed by atoms with Crippen LogP contribution in [0.5, 0.6) is 11.5 Å². The zero-order valence-electron chi connectivity index (χ0n) is 23.5. The van der Waals surface area contributed by atoms with Crippen molar-refractivity contribution in [3.63, 3.8) is 0 Å². The maximum atomic E-state index is 12.6. The molecule has 0 aliphatic carbocycles. The molecule has 8 nitrogen and oxygen atoms in total. The number of hydrogen-bond donors (Lipinski definition) is 0. The third-order valence-electron chi connectivity index (χ3n) is 6.88. The Hall–Kier alpha value is -3.90. The largest absolute Gasteiger partial charge is 0.573 e. The molecular weight excluding hydrogens is 555 g/mol. The van der Waals surface area contributed by atoms with E-state index in [4.69, 9.17) is 13.7 Å². The first-order valence-corrected chi connectivity index (χ1v) is 15.9. The van der Waals surface area contributed by atoms with Gasteiger partial charge in [-0.3, -0.25) is 4.79 Å². The molecule has 218 valence electrons. The molecule has 2 aromatic heterocycles. The molecule has 4 aromatic rings. The average Bonchev–Trinajstić information content (AvgIpc) is 3.37. The van der Waals surface area contributed by atoms with Crippen LogP contribution < -0.4 is 15.0 Å². The lowest BCUT2D eigenvalue weighted by molar-refractivity contribution is -0.274. The SMILES string of the molecule is CC(C)(C)[Si](C)(C)OCCOc1cccc(Cn2cc(-c3nc(-c4ccc(OC(F)(F)F)cc4)no3)ccc2=O)c1. The average molecular weight is 588 g/mol. The predicted octanol–water partition coefficient (Wildman–Crippen LogP) is 6.91. The summed E-state index contributed by atoms with van der Waals surface area (Å²) in [6.07, 6.45) is -3.17. The van der Waals surface area contributed by atoms with Crippen molar-refractivity contribution < 1.29 is 31.6 Å². The van der Waals surface area contributed by atoms with Crippen molar-refractivity contribution in [2.75, 3.05) is 13.2 Å². The number of nitrogens with zero attached hydrogens (tertiary/aromatic N) is 3. The number of hydrogen-bond acceptors (Lipinski definition) is 7. The maximum Gasteiger partial charge on any atom is 0.573 e. The summed E-state index contributed by atoms with van der Waals surface area (Å²) < 4.78 is 60.1. The lowest BCUT2D eigenvalue weighted by Crippen LogP contribution is -2.41. The summed E-state index contributed by atoms with van der Waals surface area (Å²) in [6, 6.07) is 15.6. The zero-order chi connectivity index (χ0) is 29.8. The summed E-state index contributed by atoms with van der Waals surface area (Å²) in [5.41, 5.74) is 1.59. The molecule has 2 heterocycles. The van der Waals surface area contributed by atoms with E-state index in [0.29, 0.717) is 30.1 Å². The van der Waals surface area contributed by atoms with E-state index in [-0.39, 0.29) is 34.6 Å². The van der Waals surface area contributed by atoms with Gasteiger partial charge in [-0.2, -0.15) is 4.98 Å². The summed E-state index contributed by atoms with van der Waals surface area (Å²) in [6.45, 7) is 12.2. The van der Waals surface area contributed by atoms with Crippen molar-refractivity contribution in [3.8, 4) is 34.3 Å². The van der Waals surface area contributed by atoms with E-state index in [1.165, 1.54) is 22.8 Å². The van der Waals surface area contributed by atoms with Crippen molar-refractivity contribution in [2.24, 2.45) is 0 Å². The second-order valence-corrected chi connectivity index (χ2v) is 15.8. The van der Waals surface area contributed by atoms with Gasteiger partial charge < -0.3 is 23.0 Å². The van der Waals surface area contributed by atoms with Crippen LogP contribution in [0.1, 0.15) is 26.3 Å². The summed E-state index contributed by atoms with van der Waals surface area (Å²) >= 11 is 0. The normalized spacial score (nSPS) is 12.4. The highest BCUT2D eigenvalue weighted by Crippen LogP contribution is 2.36. The third-order valence-corrected chi connectivity index (χ3v) is 11.4. The van der Waals surface area contributed by atoms with Crippen LogP contribution in [0.4, 0.5) is 13.2 Å². The Morgan fingerprint density at radius 3 is 2.32 bits per heavy atom. The fourth-order valence-corrected chi connectivity index (χ4v) is 4.67. The molecule has 41 heavy (non-hydrogen) atoms. The number of alkyl halides is 3.